The number of amides is 1. The summed E-state index contributed by atoms with van der Waals surface area (Å²) in [5.41, 5.74) is 0.441. The van der Waals surface area contributed by atoms with Crippen LogP contribution in [0.3, 0.4) is 0 Å². The molecule has 0 aliphatic rings. The second-order valence-electron chi connectivity index (χ2n) is 2.72. The molecule has 4 heteroatoms. The highest BCUT2D eigenvalue weighted by Crippen LogP contribution is 2.01. The van der Waals surface area contributed by atoms with Gasteiger partial charge in [-0.05, 0) is 13.0 Å². The third-order valence-corrected chi connectivity index (χ3v) is 1.66. The molecule has 1 N–H and O–H groups in total. The van der Waals surface area contributed by atoms with Gasteiger partial charge in [-0.1, -0.05) is 0 Å². The Balaban J connectivity index is 2.96. The normalized spacial score (nSPS) is 9.69. The molecule has 0 radical (unpaired) electrons. The van der Waals surface area contributed by atoms with Crippen LogP contribution < -0.4 is 10.9 Å². The van der Waals surface area contributed by atoms with Crippen molar-refractivity contribution in [3.63, 3.8) is 0 Å². The summed E-state index contributed by atoms with van der Waals surface area (Å²) < 4.78 is 1.56. The Labute approximate surface area is 76.2 Å². The summed E-state index contributed by atoms with van der Waals surface area (Å²) in [6, 6.07) is 3.11. The molecule has 0 saturated carbocycles. The van der Waals surface area contributed by atoms with Gasteiger partial charge in [-0.25, -0.2) is 0 Å². The number of carbonyl (C=O) groups is 1. The second kappa shape index (κ2) is 3.89. The lowest BCUT2D eigenvalue weighted by molar-refractivity contribution is -0.114. The van der Waals surface area contributed by atoms with Crippen molar-refractivity contribution in [3.05, 3.63) is 28.7 Å². The quantitative estimate of drug-likeness (QED) is 0.732. The van der Waals surface area contributed by atoms with Crippen molar-refractivity contribution in [3.8, 4) is 0 Å². The number of hydrogen-bond acceptors (Lipinski definition) is 2. The molecule has 1 heterocycles. The van der Waals surface area contributed by atoms with Crippen molar-refractivity contribution in [1.82, 2.24) is 4.57 Å². The van der Waals surface area contributed by atoms with Gasteiger partial charge in [0.05, 0.1) is 0 Å². The molecular formula is C9H12N2O2. The molecule has 0 aliphatic carbocycles. The highest BCUT2D eigenvalue weighted by atomic mass is 16.1. The number of nitrogens with one attached hydrogen (secondary N) is 1. The average molecular weight is 180 g/mol. The number of carbonyl (C=O) groups excluding carboxylic acids is 1. The highest BCUT2D eigenvalue weighted by Gasteiger charge is 1.97. The molecule has 0 unspecified atom stereocenters. The molecule has 0 bridgehead atoms. The van der Waals surface area contributed by atoms with Crippen molar-refractivity contribution < 1.29 is 4.79 Å². The Morgan fingerprint density at radius 2 is 2.31 bits per heavy atom. The van der Waals surface area contributed by atoms with Crippen LogP contribution in [-0.4, -0.2) is 10.5 Å². The van der Waals surface area contributed by atoms with E-state index in [2.05, 4.69) is 5.32 Å². The molecule has 0 fully saturated rings. The molecule has 1 aromatic heterocycles. The summed E-state index contributed by atoms with van der Waals surface area (Å²) in [5, 5.41) is 2.54. The minimum absolute atomic E-state index is 0.103. The van der Waals surface area contributed by atoms with Crippen LogP contribution in [0.2, 0.25) is 0 Å². The summed E-state index contributed by atoms with van der Waals surface area (Å²) in [7, 11) is 0. The number of hydrogen-bond donors (Lipinski definition) is 1. The number of rotatable bonds is 2. The van der Waals surface area contributed by atoms with Crippen molar-refractivity contribution in [2.75, 3.05) is 5.32 Å². The zero-order valence-electron chi connectivity index (χ0n) is 7.70. The SMILES string of the molecule is CCn1ccc(NC(C)=O)cc1=O. The first-order valence-electron chi connectivity index (χ1n) is 4.11. The Morgan fingerprint density at radius 1 is 1.62 bits per heavy atom. The molecule has 1 rings (SSSR count). The Bertz CT molecular complexity index is 368. The smallest absolute Gasteiger partial charge is 0.252 e. The third-order valence-electron chi connectivity index (χ3n) is 1.66. The zero-order valence-corrected chi connectivity index (χ0v) is 7.70. The summed E-state index contributed by atoms with van der Waals surface area (Å²) >= 11 is 0. The van der Waals surface area contributed by atoms with E-state index >= 15 is 0 Å². The maximum atomic E-state index is 11.3. The van der Waals surface area contributed by atoms with Crippen molar-refractivity contribution in [2.24, 2.45) is 0 Å². The van der Waals surface area contributed by atoms with Crippen LogP contribution in [0.25, 0.3) is 0 Å². The van der Waals surface area contributed by atoms with Gasteiger partial charge < -0.3 is 9.88 Å². The van der Waals surface area contributed by atoms with Gasteiger partial charge in [-0.2, -0.15) is 0 Å². The Hall–Kier alpha value is -1.58. The van der Waals surface area contributed by atoms with Crippen LogP contribution in [0.15, 0.2) is 23.1 Å². The number of aryl methyl sites for hydroxylation is 1. The van der Waals surface area contributed by atoms with Gasteiger partial charge in [0, 0.05) is 31.4 Å². The molecule has 0 aromatic carbocycles. The fourth-order valence-electron chi connectivity index (χ4n) is 1.05. The van der Waals surface area contributed by atoms with Crippen LogP contribution in [0.4, 0.5) is 5.69 Å². The lowest BCUT2D eigenvalue weighted by atomic mass is 10.4. The summed E-state index contributed by atoms with van der Waals surface area (Å²) in [6.07, 6.45) is 1.66. The van der Waals surface area contributed by atoms with Gasteiger partial charge in [0.1, 0.15) is 0 Å². The van der Waals surface area contributed by atoms with E-state index in [1.807, 2.05) is 6.92 Å². The predicted octanol–water partition coefficient (Wildman–Crippen LogP) is 0.827. The lowest BCUT2D eigenvalue weighted by Crippen LogP contribution is -2.18. The van der Waals surface area contributed by atoms with Crippen LogP contribution in [0, 0.1) is 0 Å². The van der Waals surface area contributed by atoms with Gasteiger partial charge in [0.25, 0.3) is 5.56 Å². The largest absolute Gasteiger partial charge is 0.326 e. The number of pyridine rings is 1. The molecule has 0 aliphatic heterocycles. The van der Waals surface area contributed by atoms with E-state index in [1.54, 1.807) is 16.8 Å². The van der Waals surface area contributed by atoms with E-state index in [1.165, 1.54) is 13.0 Å². The van der Waals surface area contributed by atoms with Crippen LogP contribution in [0.5, 0.6) is 0 Å². The van der Waals surface area contributed by atoms with Crippen LogP contribution >= 0.6 is 0 Å². The monoisotopic (exact) mass is 180 g/mol. The first-order valence-corrected chi connectivity index (χ1v) is 4.11. The Morgan fingerprint density at radius 3 is 2.77 bits per heavy atom. The maximum Gasteiger partial charge on any atom is 0.252 e. The van der Waals surface area contributed by atoms with E-state index in [0.717, 1.165) is 0 Å². The Kier molecular flexibility index (Phi) is 2.84. The summed E-state index contributed by atoms with van der Waals surface area (Å²) in [4.78, 5) is 21.9. The maximum absolute atomic E-state index is 11.3. The predicted molar refractivity (Wildman–Crippen MR) is 50.7 cm³/mol. The van der Waals surface area contributed by atoms with Gasteiger partial charge in [-0.3, -0.25) is 9.59 Å². The molecular weight excluding hydrogens is 168 g/mol. The average Bonchev–Trinajstić information content (AvgIpc) is 2.03. The lowest BCUT2D eigenvalue weighted by Gasteiger charge is -2.03. The highest BCUT2D eigenvalue weighted by molar-refractivity contribution is 5.88. The van der Waals surface area contributed by atoms with E-state index in [-0.39, 0.29) is 11.5 Å². The molecule has 0 atom stereocenters. The second-order valence-corrected chi connectivity index (χ2v) is 2.72. The standard InChI is InChI=1S/C9H12N2O2/c1-3-11-5-4-8(6-9(11)13)10-7(2)12/h4-6H,3H2,1-2H3,(H,10,12). The first kappa shape index (κ1) is 9.51. The molecule has 1 amide bonds. The fraction of sp³-hybridized carbons (Fsp3) is 0.333. The summed E-state index contributed by atoms with van der Waals surface area (Å²) in [5.74, 6) is -0.173. The van der Waals surface area contributed by atoms with Crippen molar-refractivity contribution >= 4 is 11.6 Å². The number of nitrogens with zero attached hydrogens (tertiary/aromatic N) is 1. The van der Waals surface area contributed by atoms with E-state index < -0.39 is 0 Å². The van der Waals surface area contributed by atoms with E-state index in [9.17, 15) is 9.59 Å². The molecule has 1 aromatic rings. The van der Waals surface area contributed by atoms with Gasteiger partial charge >= 0.3 is 0 Å². The van der Waals surface area contributed by atoms with E-state index in [0.29, 0.717) is 12.2 Å². The zero-order chi connectivity index (χ0) is 9.84. The fourth-order valence-corrected chi connectivity index (χ4v) is 1.05. The van der Waals surface area contributed by atoms with Crippen LogP contribution in [0.1, 0.15) is 13.8 Å². The van der Waals surface area contributed by atoms with Gasteiger partial charge in [0.15, 0.2) is 0 Å². The minimum Gasteiger partial charge on any atom is -0.326 e. The molecule has 0 spiro atoms. The molecule has 70 valence electrons. The molecule has 4 nitrogen and oxygen atoms in total. The number of aromatic nitrogens is 1. The minimum atomic E-state index is -0.173. The van der Waals surface area contributed by atoms with Crippen molar-refractivity contribution in [1.29, 1.82) is 0 Å². The van der Waals surface area contributed by atoms with Crippen molar-refractivity contribution in [2.45, 2.75) is 20.4 Å². The van der Waals surface area contributed by atoms with E-state index in [4.69, 9.17) is 0 Å². The number of anilines is 1. The molecule has 13 heavy (non-hydrogen) atoms. The summed E-state index contributed by atoms with van der Waals surface area (Å²) in [6.45, 7) is 3.93. The third kappa shape index (κ3) is 2.43. The first-order chi connectivity index (χ1) is 6.13. The topological polar surface area (TPSA) is 51.1 Å². The van der Waals surface area contributed by atoms with Crippen LogP contribution in [-0.2, 0) is 11.3 Å². The van der Waals surface area contributed by atoms with Gasteiger partial charge in [0.2, 0.25) is 5.91 Å². The van der Waals surface area contributed by atoms with Gasteiger partial charge in [-0.15, -0.1) is 0 Å². The molecule has 0 saturated heterocycles.